The largest absolute Gasteiger partial charge is 0.384 e. The van der Waals surface area contributed by atoms with Crippen LogP contribution >= 0.6 is 0 Å². The molecule has 1 heterocycles. The average molecular weight is 345 g/mol. The van der Waals surface area contributed by atoms with Gasteiger partial charge < -0.3 is 11.1 Å². The number of aromatic nitrogens is 2. The Kier molecular flexibility index (Phi) is 5.93. The van der Waals surface area contributed by atoms with Gasteiger partial charge in [-0.2, -0.15) is 0 Å². The Hall–Kier alpha value is -2.67. The molecule has 0 saturated heterocycles. The van der Waals surface area contributed by atoms with E-state index >= 15 is 0 Å². The molecule has 1 atom stereocenters. The maximum Gasteiger partial charge on any atom is 0.332 e. The van der Waals surface area contributed by atoms with Crippen LogP contribution in [0.5, 0.6) is 0 Å². The number of carbonyl (C=O) groups excluding carboxylic acids is 1. The minimum Gasteiger partial charge on any atom is -0.384 e. The van der Waals surface area contributed by atoms with Gasteiger partial charge in [0.15, 0.2) is 0 Å². The van der Waals surface area contributed by atoms with Crippen molar-refractivity contribution in [2.75, 3.05) is 12.3 Å². The van der Waals surface area contributed by atoms with Gasteiger partial charge in [0, 0.05) is 19.2 Å². The van der Waals surface area contributed by atoms with Crippen LogP contribution in [0.3, 0.4) is 0 Å². The van der Waals surface area contributed by atoms with Crippen LogP contribution in [0.2, 0.25) is 0 Å². The topological polar surface area (TPSA) is 104 Å². The Morgan fingerprint density at radius 2 is 1.88 bits per heavy atom. The molecule has 0 bridgehead atoms. The fourth-order valence-corrected chi connectivity index (χ4v) is 2.76. The lowest BCUT2D eigenvalue weighted by molar-refractivity contribution is -0.681. The van der Waals surface area contributed by atoms with Gasteiger partial charge in [0.2, 0.25) is 5.78 Å². The molecular weight excluding hydrogens is 320 g/mol. The number of anilines is 1. The molecule has 0 saturated carbocycles. The van der Waals surface area contributed by atoms with Crippen molar-refractivity contribution in [3.63, 3.8) is 0 Å². The van der Waals surface area contributed by atoms with Crippen LogP contribution in [0.25, 0.3) is 0 Å². The summed E-state index contributed by atoms with van der Waals surface area (Å²) < 4.78 is 2.23. The lowest BCUT2D eigenvalue weighted by atomic mass is 10.1. The Bertz CT molecular complexity index is 868. The highest BCUT2D eigenvalue weighted by Gasteiger charge is 2.23. The van der Waals surface area contributed by atoms with Gasteiger partial charge in [-0.25, -0.2) is 4.79 Å². The molecule has 0 aliphatic heterocycles. The minimum absolute atomic E-state index is 0.0410. The van der Waals surface area contributed by atoms with Crippen LogP contribution < -0.4 is 22.3 Å². The SMILES string of the molecule is CCCn1c(N)c(C(=O)C[NH2+][C@@H](C)c2ccccc2)c(=O)n(C)c1=O. The molecule has 0 spiro atoms. The first-order valence-corrected chi connectivity index (χ1v) is 8.39. The molecule has 0 fully saturated rings. The zero-order chi connectivity index (χ0) is 18.6. The zero-order valence-corrected chi connectivity index (χ0v) is 14.9. The lowest BCUT2D eigenvalue weighted by Crippen LogP contribution is -2.86. The van der Waals surface area contributed by atoms with Gasteiger partial charge in [-0.3, -0.25) is 18.7 Å². The van der Waals surface area contributed by atoms with Crippen molar-refractivity contribution >= 4 is 11.6 Å². The van der Waals surface area contributed by atoms with Crippen LogP contribution in [0, 0.1) is 0 Å². The lowest BCUT2D eigenvalue weighted by Gasteiger charge is -2.14. The molecule has 0 aliphatic carbocycles. The number of quaternary nitrogens is 1. The number of hydrogen-bond donors (Lipinski definition) is 2. The van der Waals surface area contributed by atoms with E-state index in [-0.39, 0.29) is 29.8 Å². The van der Waals surface area contributed by atoms with Crippen LogP contribution in [0.4, 0.5) is 5.82 Å². The fourth-order valence-electron chi connectivity index (χ4n) is 2.76. The third kappa shape index (κ3) is 3.88. The molecule has 1 aromatic carbocycles. The second kappa shape index (κ2) is 7.94. The predicted octanol–water partition coefficient (Wildman–Crippen LogP) is 0.0465. The molecule has 0 unspecified atom stereocenters. The molecule has 0 radical (unpaired) electrons. The van der Waals surface area contributed by atoms with Crippen molar-refractivity contribution < 1.29 is 10.1 Å². The highest BCUT2D eigenvalue weighted by molar-refractivity contribution is 6.00. The number of Topliss-reactive ketones (excluding diaryl/α,β-unsaturated/α-hetero) is 1. The Morgan fingerprint density at radius 3 is 2.48 bits per heavy atom. The van der Waals surface area contributed by atoms with E-state index < -0.39 is 11.2 Å². The van der Waals surface area contributed by atoms with Gasteiger partial charge in [-0.05, 0) is 13.3 Å². The van der Waals surface area contributed by atoms with Gasteiger partial charge in [-0.15, -0.1) is 0 Å². The maximum absolute atomic E-state index is 12.6. The zero-order valence-electron chi connectivity index (χ0n) is 14.9. The van der Waals surface area contributed by atoms with E-state index in [0.29, 0.717) is 13.0 Å². The molecule has 7 nitrogen and oxygen atoms in total. The summed E-state index contributed by atoms with van der Waals surface area (Å²) in [6.45, 7) is 4.33. The Balaban J connectivity index is 2.27. The Labute approximate surface area is 146 Å². The number of ketones is 1. The van der Waals surface area contributed by atoms with Gasteiger partial charge >= 0.3 is 5.69 Å². The fraction of sp³-hybridized carbons (Fsp3) is 0.389. The van der Waals surface area contributed by atoms with Crippen LogP contribution in [0.1, 0.15) is 42.2 Å². The number of nitrogen functional groups attached to an aromatic ring is 1. The van der Waals surface area contributed by atoms with Gasteiger partial charge in [0.1, 0.15) is 24.0 Å². The average Bonchev–Trinajstić information content (AvgIpc) is 2.62. The van der Waals surface area contributed by atoms with Crippen molar-refractivity contribution in [2.24, 2.45) is 7.05 Å². The molecular formula is C18H25N4O3+. The standard InChI is InChI=1S/C18H24N4O3/c1-4-10-22-16(19)15(17(24)21(3)18(22)25)14(23)11-20-12(2)13-8-6-5-7-9-13/h5-9,12,20H,4,10-11,19H2,1-3H3/p+1/t12-/m0/s1. The van der Waals surface area contributed by atoms with Crippen LogP contribution in [0.15, 0.2) is 39.9 Å². The maximum atomic E-state index is 12.6. The molecule has 0 amide bonds. The summed E-state index contributed by atoms with van der Waals surface area (Å²) in [5.41, 5.74) is 5.82. The molecule has 0 aliphatic rings. The second-order valence-corrected chi connectivity index (χ2v) is 6.12. The van der Waals surface area contributed by atoms with Crippen molar-refractivity contribution in [1.29, 1.82) is 0 Å². The third-order valence-corrected chi connectivity index (χ3v) is 4.29. The van der Waals surface area contributed by atoms with E-state index in [1.54, 1.807) is 0 Å². The molecule has 134 valence electrons. The third-order valence-electron chi connectivity index (χ3n) is 4.29. The number of hydrogen-bond acceptors (Lipinski definition) is 4. The smallest absolute Gasteiger partial charge is 0.332 e. The Morgan fingerprint density at radius 1 is 1.24 bits per heavy atom. The summed E-state index contributed by atoms with van der Waals surface area (Å²) in [6.07, 6.45) is 0.674. The number of carbonyl (C=O) groups is 1. The second-order valence-electron chi connectivity index (χ2n) is 6.12. The molecule has 1 aromatic heterocycles. The van der Waals surface area contributed by atoms with Crippen molar-refractivity contribution in [3.05, 3.63) is 62.3 Å². The summed E-state index contributed by atoms with van der Waals surface area (Å²) in [4.78, 5) is 37.1. The summed E-state index contributed by atoms with van der Waals surface area (Å²) in [5.74, 6) is -0.411. The minimum atomic E-state index is -0.638. The highest BCUT2D eigenvalue weighted by atomic mass is 16.2. The van der Waals surface area contributed by atoms with Crippen LogP contribution in [-0.2, 0) is 13.6 Å². The van der Waals surface area contributed by atoms with Crippen molar-refractivity contribution in [1.82, 2.24) is 9.13 Å². The molecule has 25 heavy (non-hydrogen) atoms. The van der Waals surface area contributed by atoms with Crippen molar-refractivity contribution in [2.45, 2.75) is 32.9 Å². The van der Waals surface area contributed by atoms with E-state index in [1.807, 2.05) is 49.5 Å². The number of nitrogens with zero attached hydrogens (tertiary/aromatic N) is 2. The van der Waals surface area contributed by atoms with Gasteiger partial charge in [0.05, 0.1) is 0 Å². The van der Waals surface area contributed by atoms with Gasteiger partial charge in [-0.1, -0.05) is 37.3 Å². The molecule has 7 heteroatoms. The summed E-state index contributed by atoms with van der Waals surface area (Å²) in [6, 6.07) is 9.85. The van der Waals surface area contributed by atoms with Crippen LogP contribution in [-0.4, -0.2) is 21.5 Å². The molecule has 2 aromatic rings. The number of nitrogens with two attached hydrogens (primary N) is 2. The predicted molar refractivity (Wildman–Crippen MR) is 96.6 cm³/mol. The van der Waals surface area contributed by atoms with E-state index in [0.717, 1.165) is 10.1 Å². The van der Waals surface area contributed by atoms with Crippen molar-refractivity contribution in [3.8, 4) is 0 Å². The quantitative estimate of drug-likeness (QED) is 0.692. The van der Waals surface area contributed by atoms with E-state index in [2.05, 4.69) is 0 Å². The summed E-state index contributed by atoms with van der Waals surface area (Å²) >= 11 is 0. The molecule has 4 N–H and O–H groups in total. The highest BCUT2D eigenvalue weighted by Crippen LogP contribution is 2.08. The summed E-state index contributed by atoms with van der Waals surface area (Å²) in [7, 11) is 1.36. The summed E-state index contributed by atoms with van der Waals surface area (Å²) in [5, 5.41) is 1.85. The van der Waals surface area contributed by atoms with E-state index in [1.165, 1.54) is 11.6 Å². The first kappa shape index (κ1) is 18.7. The monoisotopic (exact) mass is 345 g/mol. The number of rotatable bonds is 7. The first-order valence-electron chi connectivity index (χ1n) is 8.39. The first-order chi connectivity index (χ1) is 11.9. The van der Waals surface area contributed by atoms with E-state index in [4.69, 9.17) is 5.73 Å². The molecule has 2 rings (SSSR count). The number of benzene rings is 1. The van der Waals surface area contributed by atoms with Gasteiger partial charge in [0.25, 0.3) is 5.56 Å². The normalized spacial score (nSPS) is 12.1. The van der Waals surface area contributed by atoms with E-state index in [9.17, 15) is 14.4 Å².